The van der Waals surface area contributed by atoms with Crippen molar-refractivity contribution in [1.29, 1.82) is 0 Å². The minimum atomic E-state index is -3.94. The number of para-hydroxylation sites is 1. The van der Waals surface area contributed by atoms with Gasteiger partial charge < -0.3 is 4.90 Å². The second kappa shape index (κ2) is 8.43. The van der Waals surface area contributed by atoms with E-state index in [-0.39, 0.29) is 23.4 Å². The van der Waals surface area contributed by atoms with Crippen LogP contribution in [0, 0.1) is 20.8 Å². The van der Waals surface area contributed by atoms with E-state index < -0.39 is 10.0 Å². The molecule has 0 radical (unpaired) electrons. The van der Waals surface area contributed by atoms with Crippen molar-refractivity contribution in [2.75, 3.05) is 15.7 Å². The number of aryl methyl sites for hydroxylation is 3. The zero-order valence-corrected chi connectivity index (χ0v) is 19.7. The summed E-state index contributed by atoms with van der Waals surface area (Å²) in [4.78, 5) is 15.5. The van der Waals surface area contributed by atoms with Crippen LogP contribution in [0.2, 0.25) is 0 Å². The lowest BCUT2D eigenvalue weighted by Gasteiger charge is -2.30. The Kier molecular flexibility index (Phi) is 5.82. The second-order valence-electron chi connectivity index (χ2n) is 8.56. The largest absolute Gasteiger partial charge is 0.307 e. The first-order chi connectivity index (χ1) is 15.2. The molecule has 4 rings (SSSR count). The second-order valence-corrected chi connectivity index (χ2v) is 10.4. The van der Waals surface area contributed by atoms with Crippen molar-refractivity contribution >= 4 is 27.3 Å². The monoisotopic (exact) mass is 448 g/mol. The molecule has 32 heavy (non-hydrogen) atoms. The molecule has 1 aliphatic heterocycles. The van der Waals surface area contributed by atoms with Crippen molar-refractivity contribution < 1.29 is 13.2 Å². The maximum absolute atomic E-state index is 13.7. The minimum Gasteiger partial charge on any atom is -0.307 e. The highest BCUT2D eigenvalue weighted by Gasteiger charge is 2.35. The summed E-state index contributed by atoms with van der Waals surface area (Å²) in [5.41, 5.74) is 5.20. The standard InChI is InChI=1S/C26H28N2O3S/c1-18-10-13-23(14-11-18)32(30,31)27(25-15-19(2)9-12-20(25)3)17-26(29)28-21(4)16-22-7-5-6-8-24(22)28/h5-15,21H,16-17H2,1-4H3. The molecule has 0 bridgehead atoms. The number of fused-ring (bicyclic) bond motifs is 1. The topological polar surface area (TPSA) is 57.7 Å². The Labute approximate surface area is 190 Å². The summed E-state index contributed by atoms with van der Waals surface area (Å²) in [7, 11) is -3.94. The summed E-state index contributed by atoms with van der Waals surface area (Å²) in [5.74, 6) is -0.237. The molecule has 166 valence electrons. The molecule has 1 amide bonds. The Morgan fingerprint density at radius 2 is 1.62 bits per heavy atom. The van der Waals surface area contributed by atoms with E-state index in [1.807, 2.05) is 70.2 Å². The molecule has 0 N–H and O–H groups in total. The van der Waals surface area contributed by atoms with Crippen LogP contribution >= 0.6 is 0 Å². The first-order valence-corrected chi connectivity index (χ1v) is 12.2. The molecule has 1 aliphatic rings. The van der Waals surface area contributed by atoms with Gasteiger partial charge in [0.2, 0.25) is 5.91 Å². The van der Waals surface area contributed by atoms with Gasteiger partial charge in [-0.1, -0.05) is 48.0 Å². The molecule has 0 aromatic heterocycles. The van der Waals surface area contributed by atoms with Crippen molar-refractivity contribution in [3.63, 3.8) is 0 Å². The molecule has 0 saturated heterocycles. The Morgan fingerprint density at radius 1 is 0.969 bits per heavy atom. The van der Waals surface area contributed by atoms with Crippen molar-refractivity contribution in [2.45, 2.75) is 45.1 Å². The number of carbonyl (C=O) groups excluding carboxylic acids is 1. The molecule has 1 unspecified atom stereocenters. The van der Waals surface area contributed by atoms with E-state index in [1.165, 1.54) is 4.31 Å². The fraction of sp³-hybridized carbons (Fsp3) is 0.269. The molecule has 3 aromatic rings. The maximum atomic E-state index is 13.7. The van der Waals surface area contributed by atoms with E-state index in [0.29, 0.717) is 5.69 Å². The SMILES string of the molecule is Cc1ccc(S(=O)(=O)N(CC(=O)N2c3ccccc3CC2C)c2cc(C)ccc2C)cc1. The fourth-order valence-corrected chi connectivity index (χ4v) is 5.74. The number of rotatable bonds is 5. The number of hydrogen-bond acceptors (Lipinski definition) is 3. The van der Waals surface area contributed by atoms with Crippen LogP contribution < -0.4 is 9.21 Å². The normalized spacial score (nSPS) is 15.5. The maximum Gasteiger partial charge on any atom is 0.264 e. The summed E-state index contributed by atoms with van der Waals surface area (Å²) in [6.45, 7) is 7.42. The molecule has 5 nitrogen and oxygen atoms in total. The van der Waals surface area contributed by atoms with Crippen LogP contribution in [0.5, 0.6) is 0 Å². The van der Waals surface area contributed by atoms with Gasteiger partial charge in [-0.25, -0.2) is 8.42 Å². The van der Waals surface area contributed by atoms with Gasteiger partial charge in [0.05, 0.1) is 10.6 Å². The molecule has 0 spiro atoms. The third-order valence-corrected chi connectivity index (χ3v) is 7.77. The van der Waals surface area contributed by atoms with Crippen LogP contribution in [0.4, 0.5) is 11.4 Å². The number of amides is 1. The Balaban J connectivity index is 1.77. The van der Waals surface area contributed by atoms with Gasteiger partial charge in [0.1, 0.15) is 6.54 Å². The van der Waals surface area contributed by atoms with Gasteiger partial charge in [0, 0.05) is 11.7 Å². The summed E-state index contributed by atoms with van der Waals surface area (Å²) in [6, 6.07) is 20.2. The van der Waals surface area contributed by atoms with E-state index >= 15 is 0 Å². The van der Waals surface area contributed by atoms with Crippen LogP contribution in [0.1, 0.15) is 29.2 Å². The number of carbonyl (C=O) groups is 1. The molecule has 6 heteroatoms. The van der Waals surface area contributed by atoms with Gasteiger partial charge in [0.15, 0.2) is 0 Å². The van der Waals surface area contributed by atoms with Gasteiger partial charge in [-0.05, 0) is 75.1 Å². The zero-order valence-electron chi connectivity index (χ0n) is 18.9. The third-order valence-electron chi connectivity index (χ3n) is 6.00. The highest BCUT2D eigenvalue weighted by Crippen LogP contribution is 2.33. The van der Waals surface area contributed by atoms with Gasteiger partial charge in [0.25, 0.3) is 10.0 Å². The lowest BCUT2D eigenvalue weighted by atomic mass is 10.1. The van der Waals surface area contributed by atoms with Gasteiger partial charge in [-0.2, -0.15) is 0 Å². The molecule has 1 heterocycles. The van der Waals surface area contributed by atoms with Crippen LogP contribution in [0.15, 0.2) is 71.6 Å². The van der Waals surface area contributed by atoms with Gasteiger partial charge >= 0.3 is 0 Å². The van der Waals surface area contributed by atoms with E-state index in [9.17, 15) is 13.2 Å². The highest BCUT2D eigenvalue weighted by molar-refractivity contribution is 7.92. The van der Waals surface area contributed by atoms with Crippen molar-refractivity contribution in [3.05, 3.63) is 89.0 Å². The summed E-state index contributed by atoms with van der Waals surface area (Å²) in [5, 5.41) is 0. The molecule has 0 fully saturated rings. The molecule has 3 aromatic carbocycles. The van der Waals surface area contributed by atoms with E-state index in [2.05, 4.69) is 0 Å². The predicted octanol–water partition coefficient (Wildman–Crippen LogP) is 4.78. The van der Waals surface area contributed by atoms with E-state index in [4.69, 9.17) is 0 Å². The molecular weight excluding hydrogens is 420 g/mol. The molecule has 0 saturated carbocycles. The smallest absolute Gasteiger partial charge is 0.264 e. The first kappa shape index (κ1) is 22.1. The van der Waals surface area contributed by atoms with Gasteiger partial charge in [-0.15, -0.1) is 0 Å². The minimum absolute atomic E-state index is 0.0255. The Bertz CT molecular complexity index is 1270. The van der Waals surface area contributed by atoms with Crippen LogP contribution in [0.3, 0.4) is 0 Å². The lowest BCUT2D eigenvalue weighted by molar-refractivity contribution is -0.117. The number of nitrogens with zero attached hydrogens (tertiary/aromatic N) is 2. The number of benzene rings is 3. The third kappa shape index (κ3) is 4.02. The van der Waals surface area contributed by atoms with Gasteiger partial charge in [-0.3, -0.25) is 9.10 Å². The Morgan fingerprint density at radius 3 is 2.34 bits per heavy atom. The van der Waals surface area contributed by atoms with Crippen LogP contribution in [-0.4, -0.2) is 26.9 Å². The van der Waals surface area contributed by atoms with Crippen molar-refractivity contribution in [2.24, 2.45) is 0 Å². The average molecular weight is 449 g/mol. The first-order valence-electron chi connectivity index (χ1n) is 10.7. The van der Waals surface area contributed by atoms with Crippen molar-refractivity contribution in [3.8, 4) is 0 Å². The number of anilines is 2. The average Bonchev–Trinajstić information content (AvgIpc) is 3.09. The Hall–Kier alpha value is -3.12. The van der Waals surface area contributed by atoms with Crippen molar-refractivity contribution in [1.82, 2.24) is 0 Å². The summed E-state index contributed by atoms with van der Waals surface area (Å²) < 4.78 is 28.7. The lowest BCUT2D eigenvalue weighted by Crippen LogP contribution is -2.45. The number of hydrogen-bond donors (Lipinski definition) is 0. The summed E-state index contributed by atoms with van der Waals surface area (Å²) in [6.07, 6.45) is 0.760. The predicted molar refractivity (Wildman–Crippen MR) is 129 cm³/mol. The zero-order chi connectivity index (χ0) is 23.0. The summed E-state index contributed by atoms with van der Waals surface area (Å²) >= 11 is 0. The fourth-order valence-electron chi connectivity index (χ4n) is 4.27. The van der Waals surface area contributed by atoms with E-state index in [0.717, 1.165) is 34.4 Å². The molecule has 1 atom stereocenters. The molecule has 0 aliphatic carbocycles. The molecular formula is C26H28N2O3S. The highest BCUT2D eigenvalue weighted by atomic mass is 32.2. The number of sulfonamides is 1. The van der Waals surface area contributed by atoms with E-state index in [1.54, 1.807) is 29.2 Å². The van der Waals surface area contributed by atoms with Crippen LogP contribution in [-0.2, 0) is 21.2 Å². The van der Waals surface area contributed by atoms with Crippen LogP contribution in [0.25, 0.3) is 0 Å². The quantitative estimate of drug-likeness (QED) is 0.564.